The average Bonchev–Trinajstić information content (AvgIpc) is 2.34. The van der Waals surface area contributed by atoms with E-state index in [9.17, 15) is 14.7 Å². The van der Waals surface area contributed by atoms with E-state index in [2.05, 4.69) is 5.32 Å². The first kappa shape index (κ1) is 14.0. The summed E-state index contributed by atoms with van der Waals surface area (Å²) in [7, 11) is 0. The summed E-state index contributed by atoms with van der Waals surface area (Å²) in [6.07, 6.45) is 0. The maximum Gasteiger partial charge on any atom is 0.313 e. The minimum atomic E-state index is -0.660. The lowest BCUT2D eigenvalue weighted by molar-refractivity contribution is -0.142. The van der Waals surface area contributed by atoms with Gasteiger partial charge in [0.15, 0.2) is 0 Å². The van der Waals surface area contributed by atoms with Crippen LogP contribution in [0.2, 0.25) is 0 Å². The number of nitrogens with one attached hydrogen (secondary N) is 1. The Labute approximate surface area is 106 Å². The van der Waals surface area contributed by atoms with Gasteiger partial charge in [-0.1, -0.05) is 0 Å². The molecule has 0 saturated carbocycles. The monoisotopic (exact) mass is 250 g/mol. The minimum absolute atomic E-state index is 0.126. The van der Waals surface area contributed by atoms with Gasteiger partial charge in [0.1, 0.15) is 5.75 Å². The number of phenolic OH excluding ortho intramolecular Hbond substituents is 1. The summed E-state index contributed by atoms with van der Waals surface area (Å²) >= 11 is 0. The number of carbonyl (C=O) groups is 2. The van der Waals surface area contributed by atoms with Gasteiger partial charge >= 0.3 is 11.8 Å². The van der Waals surface area contributed by atoms with Crippen molar-refractivity contribution in [2.24, 2.45) is 0 Å². The molecule has 1 aromatic carbocycles. The molecule has 0 unspecified atom stereocenters. The number of rotatable bonds is 3. The van der Waals surface area contributed by atoms with Crippen LogP contribution in [0.5, 0.6) is 5.75 Å². The molecule has 1 rings (SSSR count). The fraction of sp³-hybridized carbons (Fsp3) is 0.385. The third-order valence-electron chi connectivity index (χ3n) is 2.70. The zero-order valence-corrected chi connectivity index (χ0v) is 10.9. The van der Waals surface area contributed by atoms with Gasteiger partial charge in [-0.3, -0.25) is 9.59 Å². The van der Waals surface area contributed by atoms with Crippen LogP contribution >= 0.6 is 0 Å². The van der Waals surface area contributed by atoms with Crippen molar-refractivity contribution >= 4 is 17.5 Å². The van der Waals surface area contributed by atoms with Crippen LogP contribution in [0.1, 0.15) is 19.4 Å². The molecular weight excluding hydrogens is 232 g/mol. The Hall–Kier alpha value is -2.04. The smallest absolute Gasteiger partial charge is 0.313 e. The van der Waals surface area contributed by atoms with E-state index in [-0.39, 0.29) is 5.75 Å². The number of likely N-dealkylation sites (N-methyl/N-ethyl adjacent to an activating group) is 1. The average molecular weight is 250 g/mol. The molecule has 98 valence electrons. The van der Waals surface area contributed by atoms with Crippen molar-refractivity contribution in [3.05, 3.63) is 23.8 Å². The predicted octanol–water partition coefficient (Wildman–Crippen LogP) is 1.51. The van der Waals surface area contributed by atoms with Gasteiger partial charge in [-0.2, -0.15) is 0 Å². The number of aromatic hydroxyl groups is 1. The van der Waals surface area contributed by atoms with Gasteiger partial charge < -0.3 is 15.3 Å². The molecule has 0 atom stereocenters. The van der Waals surface area contributed by atoms with E-state index in [4.69, 9.17) is 0 Å². The number of amides is 2. The number of aryl methyl sites for hydroxylation is 1. The molecule has 0 aromatic heterocycles. The predicted molar refractivity (Wildman–Crippen MR) is 69.4 cm³/mol. The lowest BCUT2D eigenvalue weighted by Crippen LogP contribution is -2.39. The molecule has 0 radical (unpaired) electrons. The highest BCUT2D eigenvalue weighted by Crippen LogP contribution is 2.20. The van der Waals surface area contributed by atoms with E-state index in [1.165, 1.54) is 17.0 Å². The molecular formula is C13H18N2O3. The largest absolute Gasteiger partial charge is 0.508 e. The highest BCUT2D eigenvalue weighted by Gasteiger charge is 2.19. The summed E-state index contributed by atoms with van der Waals surface area (Å²) in [4.78, 5) is 24.9. The van der Waals surface area contributed by atoms with E-state index in [1.807, 2.05) is 13.8 Å². The molecule has 0 aliphatic carbocycles. The normalized spacial score (nSPS) is 9.94. The number of phenols is 1. The van der Waals surface area contributed by atoms with E-state index in [1.54, 1.807) is 13.0 Å². The molecule has 18 heavy (non-hydrogen) atoms. The first-order chi connectivity index (χ1) is 8.49. The number of hydrogen-bond acceptors (Lipinski definition) is 3. The second-order valence-corrected chi connectivity index (χ2v) is 3.93. The van der Waals surface area contributed by atoms with Crippen LogP contribution in [-0.4, -0.2) is 34.9 Å². The van der Waals surface area contributed by atoms with Crippen LogP contribution in [0.3, 0.4) is 0 Å². The van der Waals surface area contributed by atoms with Gasteiger partial charge in [0, 0.05) is 18.8 Å². The van der Waals surface area contributed by atoms with Crippen molar-refractivity contribution < 1.29 is 14.7 Å². The van der Waals surface area contributed by atoms with Gasteiger partial charge in [0.2, 0.25) is 0 Å². The van der Waals surface area contributed by atoms with Crippen LogP contribution in [0.15, 0.2) is 18.2 Å². The van der Waals surface area contributed by atoms with Crippen LogP contribution < -0.4 is 5.32 Å². The van der Waals surface area contributed by atoms with Crippen LogP contribution in [0.25, 0.3) is 0 Å². The summed E-state index contributed by atoms with van der Waals surface area (Å²) in [5.74, 6) is -1.08. The summed E-state index contributed by atoms with van der Waals surface area (Å²) in [5, 5.41) is 11.8. The Kier molecular flexibility index (Phi) is 4.71. The second kappa shape index (κ2) is 6.05. The van der Waals surface area contributed by atoms with E-state index in [0.717, 1.165) is 0 Å². The van der Waals surface area contributed by atoms with Gasteiger partial charge in [0.05, 0.1) is 0 Å². The second-order valence-electron chi connectivity index (χ2n) is 3.93. The third kappa shape index (κ3) is 3.23. The van der Waals surface area contributed by atoms with Crippen molar-refractivity contribution in [2.75, 3.05) is 18.4 Å². The van der Waals surface area contributed by atoms with Crippen molar-refractivity contribution in [3.8, 4) is 5.75 Å². The van der Waals surface area contributed by atoms with Crippen LogP contribution in [0, 0.1) is 6.92 Å². The zero-order valence-electron chi connectivity index (χ0n) is 10.9. The topological polar surface area (TPSA) is 69.6 Å². The summed E-state index contributed by atoms with van der Waals surface area (Å²) in [5.41, 5.74) is 1.23. The Morgan fingerprint density at radius 2 is 1.89 bits per heavy atom. The molecule has 0 aliphatic heterocycles. The number of hydrogen-bond donors (Lipinski definition) is 2. The summed E-state index contributed by atoms with van der Waals surface area (Å²) < 4.78 is 0. The van der Waals surface area contributed by atoms with Gasteiger partial charge in [-0.15, -0.1) is 0 Å². The Bertz CT molecular complexity index is 454. The maximum atomic E-state index is 11.8. The van der Waals surface area contributed by atoms with Gasteiger partial charge in [0.25, 0.3) is 0 Å². The first-order valence-electron chi connectivity index (χ1n) is 5.89. The fourth-order valence-corrected chi connectivity index (χ4v) is 1.62. The van der Waals surface area contributed by atoms with Crippen molar-refractivity contribution in [1.29, 1.82) is 0 Å². The van der Waals surface area contributed by atoms with E-state index >= 15 is 0 Å². The molecule has 1 aromatic rings. The number of carbonyl (C=O) groups excluding carboxylic acids is 2. The minimum Gasteiger partial charge on any atom is -0.508 e. The molecule has 2 amide bonds. The quantitative estimate of drug-likeness (QED) is 0.631. The summed E-state index contributed by atoms with van der Waals surface area (Å²) in [6.45, 7) is 6.38. The lowest BCUT2D eigenvalue weighted by Gasteiger charge is -2.18. The van der Waals surface area contributed by atoms with Gasteiger partial charge in [-0.05, 0) is 44.5 Å². The van der Waals surface area contributed by atoms with Crippen molar-refractivity contribution in [3.63, 3.8) is 0 Å². The molecule has 0 fully saturated rings. The van der Waals surface area contributed by atoms with Crippen LogP contribution in [0.4, 0.5) is 5.69 Å². The molecule has 0 heterocycles. The SMILES string of the molecule is CCN(CC)C(=O)C(=O)Nc1ccc(O)cc1C. The Morgan fingerprint density at radius 3 is 2.39 bits per heavy atom. The Balaban J connectivity index is 2.78. The maximum absolute atomic E-state index is 11.8. The number of benzene rings is 1. The number of anilines is 1. The molecule has 0 saturated heterocycles. The number of nitrogens with zero attached hydrogens (tertiary/aromatic N) is 1. The molecule has 0 bridgehead atoms. The highest BCUT2D eigenvalue weighted by atomic mass is 16.3. The van der Waals surface area contributed by atoms with E-state index < -0.39 is 11.8 Å². The van der Waals surface area contributed by atoms with E-state index in [0.29, 0.717) is 24.3 Å². The highest BCUT2D eigenvalue weighted by molar-refractivity contribution is 6.39. The molecule has 2 N–H and O–H groups in total. The lowest BCUT2D eigenvalue weighted by atomic mass is 10.2. The molecule has 0 aliphatic rings. The fourth-order valence-electron chi connectivity index (χ4n) is 1.62. The molecule has 0 spiro atoms. The van der Waals surface area contributed by atoms with Crippen molar-refractivity contribution in [2.45, 2.75) is 20.8 Å². The van der Waals surface area contributed by atoms with Crippen molar-refractivity contribution in [1.82, 2.24) is 4.90 Å². The van der Waals surface area contributed by atoms with Crippen LogP contribution in [-0.2, 0) is 9.59 Å². The van der Waals surface area contributed by atoms with Gasteiger partial charge in [-0.25, -0.2) is 0 Å². The standard InChI is InChI=1S/C13H18N2O3/c1-4-15(5-2)13(18)12(17)14-11-7-6-10(16)8-9(11)3/h6-8,16H,4-5H2,1-3H3,(H,14,17). The Morgan fingerprint density at radius 1 is 1.28 bits per heavy atom. The summed E-state index contributed by atoms with van der Waals surface area (Å²) in [6, 6.07) is 4.56. The first-order valence-corrected chi connectivity index (χ1v) is 5.89. The molecule has 5 heteroatoms. The molecule has 5 nitrogen and oxygen atoms in total. The third-order valence-corrected chi connectivity index (χ3v) is 2.70. The zero-order chi connectivity index (χ0) is 13.7.